The van der Waals surface area contributed by atoms with E-state index in [1.165, 1.54) is 32.2 Å². The van der Waals surface area contributed by atoms with Crippen molar-refractivity contribution in [3.05, 3.63) is 12.2 Å². The van der Waals surface area contributed by atoms with E-state index in [1.54, 1.807) is 0 Å². The van der Waals surface area contributed by atoms with Crippen molar-refractivity contribution in [2.75, 3.05) is 32.8 Å². The zero-order valence-electron chi connectivity index (χ0n) is 13.6. The van der Waals surface area contributed by atoms with Crippen LogP contribution in [-0.2, 0) is 4.74 Å². The fraction of sp³-hybridized carbons (Fsp3) is 0.882. The van der Waals surface area contributed by atoms with Crippen LogP contribution in [0.5, 0.6) is 0 Å². The number of hydrogen-bond donors (Lipinski definition) is 1. The first kappa shape index (κ1) is 16.0. The highest BCUT2D eigenvalue weighted by atomic mass is 16.5. The molecule has 0 radical (unpaired) electrons. The highest BCUT2D eigenvalue weighted by molar-refractivity contribution is 5.01. The molecule has 116 valence electrons. The second kappa shape index (κ2) is 7.06. The molecular weight excluding hydrogens is 248 g/mol. The Balaban J connectivity index is 1.87. The molecule has 1 spiro atoms. The second-order valence-electron chi connectivity index (χ2n) is 7.16. The van der Waals surface area contributed by atoms with Gasteiger partial charge in [-0.2, -0.15) is 0 Å². The SMILES string of the molecule is C=C(C)COCCN1CC2(CCCC2)NCC1C(C)C. The van der Waals surface area contributed by atoms with Crippen molar-refractivity contribution in [2.24, 2.45) is 5.92 Å². The lowest BCUT2D eigenvalue weighted by molar-refractivity contribution is 0.0299. The molecule has 2 rings (SSSR count). The van der Waals surface area contributed by atoms with Crippen LogP contribution in [0.25, 0.3) is 0 Å². The van der Waals surface area contributed by atoms with Gasteiger partial charge >= 0.3 is 0 Å². The first-order chi connectivity index (χ1) is 9.52. The zero-order valence-corrected chi connectivity index (χ0v) is 13.6. The number of hydrogen-bond acceptors (Lipinski definition) is 3. The van der Waals surface area contributed by atoms with E-state index in [0.717, 1.165) is 25.3 Å². The molecule has 1 unspecified atom stereocenters. The molecule has 1 saturated heterocycles. The van der Waals surface area contributed by atoms with Gasteiger partial charge in [0.25, 0.3) is 0 Å². The van der Waals surface area contributed by atoms with Gasteiger partial charge in [-0.15, -0.1) is 0 Å². The van der Waals surface area contributed by atoms with Crippen LogP contribution in [0.15, 0.2) is 12.2 Å². The highest BCUT2D eigenvalue weighted by Crippen LogP contribution is 2.34. The number of nitrogens with zero attached hydrogens (tertiary/aromatic N) is 1. The van der Waals surface area contributed by atoms with Crippen LogP contribution in [0.4, 0.5) is 0 Å². The molecular formula is C17H32N2O. The monoisotopic (exact) mass is 280 g/mol. The van der Waals surface area contributed by atoms with Gasteiger partial charge in [0, 0.05) is 31.2 Å². The predicted molar refractivity (Wildman–Crippen MR) is 85.0 cm³/mol. The largest absolute Gasteiger partial charge is 0.376 e. The van der Waals surface area contributed by atoms with Crippen LogP contribution < -0.4 is 5.32 Å². The topological polar surface area (TPSA) is 24.5 Å². The van der Waals surface area contributed by atoms with Gasteiger partial charge in [-0.1, -0.05) is 38.8 Å². The van der Waals surface area contributed by atoms with E-state index < -0.39 is 0 Å². The van der Waals surface area contributed by atoms with E-state index in [1.807, 2.05) is 6.92 Å². The molecule has 1 atom stereocenters. The number of rotatable bonds is 6. The maximum absolute atomic E-state index is 5.72. The fourth-order valence-electron chi connectivity index (χ4n) is 3.73. The maximum atomic E-state index is 5.72. The van der Waals surface area contributed by atoms with Crippen molar-refractivity contribution in [3.8, 4) is 0 Å². The summed E-state index contributed by atoms with van der Waals surface area (Å²) < 4.78 is 5.72. The van der Waals surface area contributed by atoms with Crippen LogP contribution >= 0.6 is 0 Å². The van der Waals surface area contributed by atoms with Crippen molar-refractivity contribution < 1.29 is 4.74 Å². The average Bonchev–Trinajstić information content (AvgIpc) is 2.82. The molecule has 1 aliphatic heterocycles. The Bertz CT molecular complexity index is 321. The van der Waals surface area contributed by atoms with Crippen molar-refractivity contribution in [2.45, 2.75) is 58.0 Å². The van der Waals surface area contributed by atoms with Crippen molar-refractivity contribution in [1.29, 1.82) is 0 Å². The molecule has 1 saturated carbocycles. The summed E-state index contributed by atoms with van der Waals surface area (Å²) in [5.41, 5.74) is 1.51. The van der Waals surface area contributed by atoms with Crippen LogP contribution in [0, 0.1) is 5.92 Å². The third-order valence-corrected chi connectivity index (χ3v) is 4.86. The number of nitrogens with one attached hydrogen (secondary N) is 1. The van der Waals surface area contributed by atoms with E-state index in [9.17, 15) is 0 Å². The van der Waals surface area contributed by atoms with Crippen LogP contribution in [0.1, 0.15) is 46.5 Å². The van der Waals surface area contributed by atoms with E-state index >= 15 is 0 Å². The molecule has 1 heterocycles. The second-order valence-corrected chi connectivity index (χ2v) is 7.16. The highest BCUT2D eigenvalue weighted by Gasteiger charge is 2.41. The minimum Gasteiger partial charge on any atom is -0.376 e. The van der Waals surface area contributed by atoms with Gasteiger partial charge < -0.3 is 10.1 Å². The molecule has 0 aromatic carbocycles. The van der Waals surface area contributed by atoms with Gasteiger partial charge in [0.15, 0.2) is 0 Å². The summed E-state index contributed by atoms with van der Waals surface area (Å²) >= 11 is 0. The Labute approximate surface area is 124 Å². The van der Waals surface area contributed by atoms with Crippen molar-refractivity contribution in [3.63, 3.8) is 0 Å². The van der Waals surface area contributed by atoms with Gasteiger partial charge in [0.1, 0.15) is 0 Å². The van der Waals surface area contributed by atoms with Crippen LogP contribution in [0.2, 0.25) is 0 Å². The fourth-order valence-corrected chi connectivity index (χ4v) is 3.73. The Hall–Kier alpha value is -0.380. The zero-order chi connectivity index (χ0) is 14.6. The van der Waals surface area contributed by atoms with Gasteiger partial charge in [-0.05, 0) is 25.7 Å². The third-order valence-electron chi connectivity index (χ3n) is 4.86. The lowest BCUT2D eigenvalue weighted by Gasteiger charge is -2.48. The lowest BCUT2D eigenvalue weighted by Crippen LogP contribution is -2.64. The smallest absolute Gasteiger partial charge is 0.0672 e. The molecule has 2 aliphatic rings. The minimum atomic E-state index is 0.403. The Morgan fingerprint density at radius 1 is 1.40 bits per heavy atom. The van der Waals surface area contributed by atoms with E-state index in [-0.39, 0.29) is 0 Å². The summed E-state index contributed by atoms with van der Waals surface area (Å²) in [6.07, 6.45) is 5.47. The molecule has 3 nitrogen and oxygen atoms in total. The first-order valence-electron chi connectivity index (χ1n) is 8.24. The van der Waals surface area contributed by atoms with Crippen molar-refractivity contribution >= 4 is 0 Å². The number of ether oxygens (including phenoxy) is 1. The summed E-state index contributed by atoms with van der Waals surface area (Å²) in [6, 6.07) is 0.648. The maximum Gasteiger partial charge on any atom is 0.0672 e. The summed E-state index contributed by atoms with van der Waals surface area (Å²) in [5.74, 6) is 0.697. The molecule has 1 N–H and O–H groups in total. The average molecular weight is 280 g/mol. The van der Waals surface area contributed by atoms with Gasteiger partial charge in [0.2, 0.25) is 0 Å². The molecule has 0 amide bonds. The number of piperazine rings is 1. The van der Waals surface area contributed by atoms with Crippen molar-refractivity contribution in [1.82, 2.24) is 10.2 Å². The standard InChI is InChI=1S/C17H32N2O/c1-14(2)12-20-10-9-19-13-17(7-5-6-8-17)18-11-16(19)15(3)4/h15-16,18H,1,5-13H2,2-4H3. The van der Waals surface area contributed by atoms with Crippen LogP contribution in [0.3, 0.4) is 0 Å². The first-order valence-corrected chi connectivity index (χ1v) is 8.24. The van der Waals surface area contributed by atoms with Gasteiger partial charge in [-0.25, -0.2) is 0 Å². The summed E-state index contributed by atoms with van der Waals surface area (Å²) in [7, 11) is 0. The molecule has 2 fully saturated rings. The quantitative estimate of drug-likeness (QED) is 0.598. The van der Waals surface area contributed by atoms with Gasteiger partial charge in [0.05, 0.1) is 13.2 Å². The third kappa shape index (κ3) is 4.06. The lowest BCUT2D eigenvalue weighted by atomic mass is 9.89. The molecule has 0 bridgehead atoms. The molecule has 0 aromatic rings. The van der Waals surface area contributed by atoms with E-state index in [0.29, 0.717) is 24.1 Å². The summed E-state index contributed by atoms with van der Waals surface area (Å²) in [4.78, 5) is 2.67. The molecule has 3 heteroatoms. The summed E-state index contributed by atoms with van der Waals surface area (Å²) in [6.45, 7) is 15.5. The Morgan fingerprint density at radius 3 is 2.70 bits per heavy atom. The minimum absolute atomic E-state index is 0.403. The van der Waals surface area contributed by atoms with E-state index in [2.05, 4.69) is 30.6 Å². The van der Waals surface area contributed by atoms with E-state index in [4.69, 9.17) is 4.74 Å². The molecule has 20 heavy (non-hydrogen) atoms. The summed E-state index contributed by atoms with van der Waals surface area (Å²) in [5, 5.41) is 3.87. The Kier molecular flexibility index (Phi) is 5.65. The van der Waals surface area contributed by atoms with Crippen LogP contribution in [-0.4, -0.2) is 49.3 Å². The Morgan fingerprint density at radius 2 is 2.10 bits per heavy atom. The molecule has 0 aromatic heterocycles. The predicted octanol–water partition coefficient (Wildman–Crippen LogP) is 2.82. The van der Waals surface area contributed by atoms with Gasteiger partial charge in [-0.3, -0.25) is 4.90 Å². The normalized spacial score (nSPS) is 26.5. The molecule has 1 aliphatic carbocycles.